The van der Waals surface area contributed by atoms with Gasteiger partial charge in [-0.15, -0.1) is 0 Å². The number of carbonyl (C=O) groups excluding carboxylic acids is 1. The third-order valence-corrected chi connectivity index (χ3v) is 3.50. The molecule has 0 unspecified atom stereocenters. The number of piperazine rings is 1. The maximum absolute atomic E-state index is 12.1. The zero-order chi connectivity index (χ0) is 16.8. The zero-order valence-electron chi connectivity index (χ0n) is 15.0. The summed E-state index contributed by atoms with van der Waals surface area (Å²) in [4.78, 5) is 20.5. The van der Waals surface area contributed by atoms with Gasteiger partial charge < -0.3 is 14.5 Å². The number of allylic oxidation sites excluding steroid dienone is 1. The molecular weight excluding hydrogens is 278 g/mol. The molecule has 1 heterocycles. The Morgan fingerprint density at radius 2 is 1.73 bits per heavy atom. The van der Waals surface area contributed by atoms with E-state index in [-0.39, 0.29) is 6.09 Å². The third-order valence-electron chi connectivity index (χ3n) is 3.50. The van der Waals surface area contributed by atoms with Gasteiger partial charge in [0.2, 0.25) is 0 Å². The van der Waals surface area contributed by atoms with Gasteiger partial charge in [-0.2, -0.15) is 0 Å². The molecule has 0 spiro atoms. The van der Waals surface area contributed by atoms with Crippen LogP contribution in [0.5, 0.6) is 0 Å². The smallest absolute Gasteiger partial charge is 0.410 e. The second-order valence-electron chi connectivity index (χ2n) is 6.78. The molecule has 5 nitrogen and oxygen atoms in total. The Kier molecular flexibility index (Phi) is 6.91. The van der Waals surface area contributed by atoms with Gasteiger partial charge in [-0.25, -0.2) is 4.79 Å². The minimum absolute atomic E-state index is 0.222. The van der Waals surface area contributed by atoms with Crippen LogP contribution in [0.15, 0.2) is 16.6 Å². The number of aliphatic imine (C=N–C) groups is 1. The van der Waals surface area contributed by atoms with Crippen molar-refractivity contribution < 1.29 is 9.53 Å². The maximum Gasteiger partial charge on any atom is 0.410 e. The molecule has 0 N–H and O–H groups in total. The molecule has 1 fully saturated rings. The SMILES string of the molecule is CCC/C(C)=C\C(=NC)N1CCN(C(=O)OC(C)(C)C)CC1. The summed E-state index contributed by atoms with van der Waals surface area (Å²) in [5.74, 6) is 1.01. The van der Waals surface area contributed by atoms with Crippen LogP contribution in [0.1, 0.15) is 47.5 Å². The third kappa shape index (κ3) is 6.08. The van der Waals surface area contributed by atoms with Crippen molar-refractivity contribution in [2.24, 2.45) is 4.99 Å². The number of rotatable bonds is 3. The van der Waals surface area contributed by atoms with E-state index < -0.39 is 5.60 Å². The van der Waals surface area contributed by atoms with Crippen molar-refractivity contribution in [1.29, 1.82) is 0 Å². The topological polar surface area (TPSA) is 45.1 Å². The lowest BCUT2D eigenvalue weighted by molar-refractivity contribution is 0.0187. The summed E-state index contributed by atoms with van der Waals surface area (Å²) in [6.45, 7) is 12.9. The lowest BCUT2D eigenvalue weighted by atomic mass is 10.1. The molecule has 0 aromatic heterocycles. The fourth-order valence-electron chi connectivity index (χ4n) is 2.43. The lowest BCUT2D eigenvalue weighted by Gasteiger charge is -2.36. The predicted octanol–water partition coefficient (Wildman–Crippen LogP) is 3.31. The van der Waals surface area contributed by atoms with Crippen LogP contribution in [0, 0.1) is 0 Å². The van der Waals surface area contributed by atoms with Crippen LogP contribution in [0.25, 0.3) is 0 Å². The lowest BCUT2D eigenvalue weighted by Crippen LogP contribution is -2.51. The first kappa shape index (κ1) is 18.5. The molecule has 1 rings (SSSR count). The van der Waals surface area contributed by atoms with Gasteiger partial charge in [0, 0.05) is 33.2 Å². The van der Waals surface area contributed by atoms with E-state index >= 15 is 0 Å². The first-order valence-electron chi connectivity index (χ1n) is 8.13. The van der Waals surface area contributed by atoms with Crippen LogP contribution in [0.4, 0.5) is 4.79 Å². The summed E-state index contributed by atoms with van der Waals surface area (Å²) >= 11 is 0. The largest absolute Gasteiger partial charge is 0.444 e. The van der Waals surface area contributed by atoms with Crippen LogP contribution in [0.2, 0.25) is 0 Å². The van der Waals surface area contributed by atoms with E-state index in [2.05, 4.69) is 29.8 Å². The molecule has 1 aliphatic rings. The quantitative estimate of drug-likeness (QED) is 0.593. The molecule has 1 aliphatic heterocycles. The Balaban J connectivity index is 2.57. The average Bonchev–Trinajstić information content (AvgIpc) is 2.43. The number of amides is 1. The van der Waals surface area contributed by atoms with Crippen molar-refractivity contribution in [3.63, 3.8) is 0 Å². The van der Waals surface area contributed by atoms with E-state index in [9.17, 15) is 4.79 Å². The molecular formula is C17H31N3O2. The number of carbonyl (C=O) groups is 1. The molecule has 0 aromatic rings. The van der Waals surface area contributed by atoms with Gasteiger partial charge >= 0.3 is 6.09 Å². The highest BCUT2D eigenvalue weighted by molar-refractivity contribution is 5.93. The van der Waals surface area contributed by atoms with E-state index in [1.807, 2.05) is 27.8 Å². The fraction of sp³-hybridized carbons (Fsp3) is 0.765. The van der Waals surface area contributed by atoms with Crippen LogP contribution < -0.4 is 0 Å². The molecule has 1 saturated heterocycles. The van der Waals surface area contributed by atoms with Crippen molar-refractivity contribution in [1.82, 2.24) is 9.80 Å². The standard InChI is InChI=1S/C17H31N3O2/c1-7-8-14(2)13-15(18-6)19-9-11-20(12-10-19)16(21)22-17(3,4)5/h13H,7-12H2,1-6H3/b14-13-,18-15?. The number of ether oxygens (including phenoxy) is 1. The Morgan fingerprint density at radius 3 is 2.18 bits per heavy atom. The van der Waals surface area contributed by atoms with Gasteiger partial charge in [0.1, 0.15) is 11.4 Å². The zero-order valence-corrected chi connectivity index (χ0v) is 15.0. The molecule has 0 bridgehead atoms. The number of amidine groups is 1. The molecule has 0 saturated carbocycles. The highest BCUT2D eigenvalue weighted by Crippen LogP contribution is 2.13. The molecule has 0 aromatic carbocycles. The van der Waals surface area contributed by atoms with Gasteiger partial charge in [-0.05, 0) is 40.2 Å². The summed E-state index contributed by atoms with van der Waals surface area (Å²) in [6.07, 6.45) is 4.18. The number of hydrogen-bond donors (Lipinski definition) is 0. The summed E-state index contributed by atoms with van der Waals surface area (Å²) < 4.78 is 5.42. The molecule has 0 aliphatic carbocycles. The van der Waals surface area contributed by atoms with Crippen molar-refractivity contribution in [2.75, 3.05) is 33.2 Å². The van der Waals surface area contributed by atoms with E-state index in [4.69, 9.17) is 4.74 Å². The van der Waals surface area contributed by atoms with Crippen molar-refractivity contribution in [3.05, 3.63) is 11.6 Å². The molecule has 126 valence electrons. The van der Waals surface area contributed by atoms with E-state index in [0.29, 0.717) is 13.1 Å². The van der Waals surface area contributed by atoms with Gasteiger partial charge in [0.15, 0.2) is 0 Å². The van der Waals surface area contributed by atoms with Gasteiger partial charge in [-0.3, -0.25) is 4.99 Å². The van der Waals surface area contributed by atoms with Crippen molar-refractivity contribution in [3.8, 4) is 0 Å². The summed E-state index contributed by atoms with van der Waals surface area (Å²) in [7, 11) is 1.82. The van der Waals surface area contributed by atoms with E-state index in [0.717, 1.165) is 31.8 Å². The van der Waals surface area contributed by atoms with Crippen LogP contribution in [0.3, 0.4) is 0 Å². The highest BCUT2D eigenvalue weighted by atomic mass is 16.6. The molecule has 22 heavy (non-hydrogen) atoms. The Morgan fingerprint density at radius 1 is 1.18 bits per heavy atom. The van der Waals surface area contributed by atoms with Crippen molar-refractivity contribution >= 4 is 11.9 Å². The number of hydrogen-bond acceptors (Lipinski definition) is 3. The molecule has 5 heteroatoms. The Bertz CT molecular complexity index is 428. The maximum atomic E-state index is 12.1. The van der Waals surface area contributed by atoms with Gasteiger partial charge in [0.25, 0.3) is 0 Å². The van der Waals surface area contributed by atoms with Crippen molar-refractivity contribution in [2.45, 2.75) is 53.1 Å². The van der Waals surface area contributed by atoms with Crippen LogP contribution in [-0.2, 0) is 4.74 Å². The van der Waals surface area contributed by atoms with Gasteiger partial charge in [0.05, 0.1) is 0 Å². The summed E-state index contributed by atoms with van der Waals surface area (Å²) in [5.41, 5.74) is 0.905. The first-order chi connectivity index (χ1) is 10.3. The second-order valence-corrected chi connectivity index (χ2v) is 6.78. The second kappa shape index (κ2) is 8.20. The number of nitrogens with zero attached hydrogens (tertiary/aromatic N) is 3. The van der Waals surface area contributed by atoms with E-state index in [1.165, 1.54) is 5.57 Å². The molecule has 1 amide bonds. The predicted molar refractivity (Wildman–Crippen MR) is 91.4 cm³/mol. The Hall–Kier alpha value is -1.52. The van der Waals surface area contributed by atoms with Gasteiger partial charge in [-0.1, -0.05) is 18.9 Å². The molecule has 0 radical (unpaired) electrons. The normalized spacial score (nSPS) is 17.7. The first-order valence-corrected chi connectivity index (χ1v) is 8.13. The summed E-state index contributed by atoms with van der Waals surface area (Å²) in [6, 6.07) is 0. The van der Waals surface area contributed by atoms with Crippen LogP contribution >= 0.6 is 0 Å². The highest BCUT2D eigenvalue weighted by Gasteiger charge is 2.26. The minimum Gasteiger partial charge on any atom is -0.444 e. The minimum atomic E-state index is -0.440. The van der Waals surface area contributed by atoms with E-state index in [1.54, 1.807) is 4.90 Å². The Labute approximate surface area is 135 Å². The van der Waals surface area contributed by atoms with Crippen LogP contribution in [-0.4, -0.2) is 60.6 Å². The average molecular weight is 309 g/mol. The molecule has 0 atom stereocenters. The summed E-state index contributed by atoms with van der Waals surface area (Å²) in [5, 5.41) is 0. The fourth-order valence-corrected chi connectivity index (χ4v) is 2.43. The monoisotopic (exact) mass is 309 g/mol.